The molecule has 2 heterocycles. The molecule has 2 saturated heterocycles. The molecule has 0 aromatic heterocycles. The van der Waals surface area contributed by atoms with E-state index in [2.05, 4.69) is 50.3 Å². The maximum absolute atomic E-state index is 12.9. The van der Waals surface area contributed by atoms with Crippen molar-refractivity contribution in [1.29, 1.82) is 0 Å². The molecule has 0 aromatic carbocycles. The molecule has 0 spiro atoms. The van der Waals surface area contributed by atoms with Gasteiger partial charge in [0.2, 0.25) is 0 Å². The number of hydrogen-bond donors (Lipinski definition) is 0. The highest BCUT2D eigenvalue weighted by molar-refractivity contribution is 5.95. The van der Waals surface area contributed by atoms with Gasteiger partial charge in [-0.1, -0.05) is 203 Å². The number of carbonyl (C=O) groups excluding carboxylic acids is 7. The first kappa shape index (κ1) is 68.2. The molecule has 0 radical (unpaired) electrons. The SMILES string of the molecule is CCCCCCCC/C=C\CCCCCCCC(=O)OCC(COC(=O)CCCCCCC/C=C\C/C=C\C=C\C(CC)C1CC(=O)OC1=O)OC(=O)CCCCCCC/C=C\C=C\C(CCCCC)C1CC(=O)OC1=O. The summed E-state index contributed by atoms with van der Waals surface area (Å²) in [6, 6.07) is 0. The minimum absolute atomic E-state index is 0.00211. The second-order valence-corrected chi connectivity index (χ2v) is 21.2. The fourth-order valence-corrected chi connectivity index (χ4v) is 9.63. The number of esters is 7. The molecule has 12 heteroatoms. The zero-order valence-electron chi connectivity index (χ0n) is 48.1. The number of allylic oxidation sites excluding steroid dienone is 12. The van der Waals surface area contributed by atoms with Crippen LogP contribution in [0.25, 0.3) is 0 Å². The Balaban J connectivity index is 1.67. The van der Waals surface area contributed by atoms with Crippen LogP contribution in [0.5, 0.6) is 0 Å². The maximum Gasteiger partial charge on any atom is 0.317 e. The molecule has 0 aliphatic carbocycles. The average molecular weight is 1080 g/mol. The van der Waals surface area contributed by atoms with E-state index in [1.165, 1.54) is 44.9 Å². The lowest BCUT2D eigenvalue weighted by atomic mass is 9.86. The molecule has 2 rings (SSSR count). The molecule has 0 aromatic rings. The summed E-state index contributed by atoms with van der Waals surface area (Å²) in [4.78, 5) is 85.6. The van der Waals surface area contributed by atoms with Gasteiger partial charge in [0.25, 0.3) is 0 Å². The van der Waals surface area contributed by atoms with Crippen LogP contribution in [0, 0.1) is 23.7 Å². The van der Waals surface area contributed by atoms with Crippen LogP contribution in [0.3, 0.4) is 0 Å². The summed E-state index contributed by atoms with van der Waals surface area (Å²) in [5.41, 5.74) is 0. The summed E-state index contributed by atoms with van der Waals surface area (Å²) < 4.78 is 26.3. The number of carbonyl (C=O) groups is 7. The van der Waals surface area contributed by atoms with Gasteiger partial charge in [0, 0.05) is 19.3 Å². The predicted octanol–water partition coefficient (Wildman–Crippen LogP) is 16.1. The molecule has 5 unspecified atom stereocenters. The number of unbranched alkanes of at least 4 members (excludes halogenated alkanes) is 23. The van der Waals surface area contributed by atoms with Crippen molar-refractivity contribution in [2.24, 2.45) is 23.7 Å². The molecule has 12 nitrogen and oxygen atoms in total. The van der Waals surface area contributed by atoms with Gasteiger partial charge in [0.1, 0.15) is 13.2 Å². The van der Waals surface area contributed by atoms with Gasteiger partial charge in [-0.05, 0) is 102 Å². The Hall–Kier alpha value is -4.87. The largest absolute Gasteiger partial charge is 0.462 e. The van der Waals surface area contributed by atoms with E-state index >= 15 is 0 Å². The second-order valence-electron chi connectivity index (χ2n) is 21.2. The highest BCUT2D eigenvalue weighted by Gasteiger charge is 2.38. The molecule has 0 saturated carbocycles. The molecule has 434 valence electrons. The van der Waals surface area contributed by atoms with Crippen molar-refractivity contribution >= 4 is 41.8 Å². The van der Waals surface area contributed by atoms with Gasteiger partial charge in [-0.25, -0.2) is 0 Å². The summed E-state index contributed by atoms with van der Waals surface area (Å²) in [5, 5.41) is 0. The van der Waals surface area contributed by atoms with Crippen molar-refractivity contribution in [3.8, 4) is 0 Å². The number of hydrogen-bond acceptors (Lipinski definition) is 12. The topological polar surface area (TPSA) is 166 Å². The monoisotopic (exact) mass is 1070 g/mol. The van der Waals surface area contributed by atoms with Gasteiger partial charge in [-0.3, -0.25) is 33.6 Å². The van der Waals surface area contributed by atoms with Crippen LogP contribution in [-0.4, -0.2) is 61.1 Å². The highest BCUT2D eigenvalue weighted by Crippen LogP contribution is 2.30. The predicted molar refractivity (Wildman–Crippen MR) is 306 cm³/mol. The van der Waals surface area contributed by atoms with Crippen LogP contribution < -0.4 is 0 Å². The molecule has 2 aliphatic rings. The molecular weight excluding hydrogens is 973 g/mol. The molecule has 2 fully saturated rings. The number of ether oxygens (including phenoxy) is 5. The van der Waals surface area contributed by atoms with Gasteiger partial charge in [0.15, 0.2) is 6.10 Å². The molecule has 2 aliphatic heterocycles. The summed E-state index contributed by atoms with van der Waals surface area (Å²) in [5.74, 6) is -3.56. The standard InChI is InChI=1S/C65H102O12/c1-4-7-9-10-11-12-13-14-15-16-20-25-30-35-41-47-59(66)73-52-56(75-61(68)49-43-37-32-27-22-24-29-34-40-46-55(45-38-8-5-2)58-51-63(70)77-65(58)72)53-74-60(67)48-42-36-31-26-21-18-17-19-23-28-33-39-44-54(6-3)57-50-62(69)76-64(57)71/h14-15,17,19,28-29,33-34,39-40,44,46,54-58H,4-13,16,18,20-27,30-32,35-38,41-43,45,47-53H2,1-3H3/b15-14-,19-17-,33-28-,34-29-,44-39+,46-40+. The Labute approximate surface area is 465 Å². The third-order valence-corrected chi connectivity index (χ3v) is 14.4. The molecule has 0 amide bonds. The fraction of sp³-hybridized carbons (Fsp3) is 0.708. The van der Waals surface area contributed by atoms with Gasteiger partial charge in [0.05, 0.1) is 24.7 Å². The Morgan fingerprint density at radius 2 is 0.857 bits per heavy atom. The van der Waals surface area contributed by atoms with Gasteiger partial charge >= 0.3 is 41.8 Å². The second kappa shape index (κ2) is 47.2. The van der Waals surface area contributed by atoms with Crippen LogP contribution in [0.4, 0.5) is 0 Å². The summed E-state index contributed by atoms with van der Waals surface area (Å²) in [6.07, 6.45) is 57.4. The van der Waals surface area contributed by atoms with Crippen LogP contribution in [0.1, 0.15) is 252 Å². The number of rotatable bonds is 49. The minimum atomic E-state index is -0.864. The van der Waals surface area contributed by atoms with Crippen molar-refractivity contribution in [3.63, 3.8) is 0 Å². The van der Waals surface area contributed by atoms with E-state index in [9.17, 15) is 33.6 Å². The third kappa shape index (κ3) is 36.8. The van der Waals surface area contributed by atoms with Crippen molar-refractivity contribution in [1.82, 2.24) is 0 Å². The first-order valence-corrected chi connectivity index (χ1v) is 30.5. The van der Waals surface area contributed by atoms with Crippen molar-refractivity contribution < 1.29 is 57.2 Å². The quantitative estimate of drug-likeness (QED) is 0.0142. The van der Waals surface area contributed by atoms with Gasteiger partial charge in [-0.2, -0.15) is 0 Å². The van der Waals surface area contributed by atoms with Crippen LogP contribution in [0.15, 0.2) is 72.9 Å². The van der Waals surface area contributed by atoms with Gasteiger partial charge in [-0.15, -0.1) is 0 Å². The van der Waals surface area contributed by atoms with E-state index in [0.717, 1.165) is 141 Å². The van der Waals surface area contributed by atoms with Crippen LogP contribution in [0.2, 0.25) is 0 Å². The smallest absolute Gasteiger partial charge is 0.317 e. The molecular formula is C65H102O12. The normalized spacial score (nSPS) is 17.2. The van der Waals surface area contributed by atoms with Crippen molar-refractivity contribution in [3.05, 3.63) is 72.9 Å². The van der Waals surface area contributed by atoms with E-state index in [0.29, 0.717) is 19.3 Å². The first-order valence-electron chi connectivity index (χ1n) is 30.5. The minimum Gasteiger partial charge on any atom is -0.462 e. The van der Waals surface area contributed by atoms with E-state index in [-0.39, 0.29) is 74.5 Å². The Bertz CT molecular complexity index is 1820. The van der Waals surface area contributed by atoms with E-state index in [1.807, 2.05) is 43.4 Å². The summed E-state index contributed by atoms with van der Waals surface area (Å²) in [7, 11) is 0. The Kier molecular flexibility index (Phi) is 41.8. The van der Waals surface area contributed by atoms with E-state index in [1.54, 1.807) is 0 Å². The zero-order chi connectivity index (χ0) is 55.8. The van der Waals surface area contributed by atoms with Crippen LogP contribution in [-0.2, 0) is 57.2 Å². The lowest BCUT2D eigenvalue weighted by molar-refractivity contribution is -0.167. The maximum atomic E-state index is 12.9. The third-order valence-electron chi connectivity index (χ3n) is 14.4. The van der Waals surface area contributed by atoms with Crippen molar-refractivity contribution in [2.75, 3.05) is 13.2 Å². The molecule has 0 N–H and O–H groups in total. The Morgan fingerprint density at radius 3 is 1.34 bits per heavy atom. The molecule has 77 heavy (non-hydrogen) atoms. The van der Waals surface area contributed by atoms with Crippen LogP contribution >= 0.6 is 0 Å². The van der Waals surface area contributed by atoms with Gasteiger partial charge < -0.3 is 23.7 Å². The fourth-order valence-electron chi connectivity index (χ4n) is 9.63. The lowest BCUT2D eigenvalue weighted by Gasteiger charge is -2.18. The Morgan fingerprint density at radius 1 is 0.455 bits per heavy atom. The van der Waals surface area contributed by atoms with E-state index in [4.69, 9.17) is 23.7 Å². The highest BCUT2D eigenvalue weighted by atomic mass is 16.6. The van der Waals surface area contributed by atoms with E-state index < -0.39 is 36.0 Å². The lowest BCUT2D eigenvalue weighted by Crippen LogP contribution is -2.30. The first-order chi connectivity index (χ1) is 37.6. The van der Waals surface area contributed by atoms with Crippen molar-refractivity contribution in [2.45, 2.75) is 258 Å². The average Bonchev–Trinajstić information content (AvgIpc) is 3.94. The zero-order valence-corrected chi connectivity index (χ0v) is 48.1. The molecule has 5 atom stereocenters. The number of cyclic esters (lactones) is 4. The summed E-state index contributed by atoms with van der Waals surface area (Å²) >= 11 is 0. The molecule has 0 bridgehead atoms. The summed E-state index contributed by atoms with van der Waals surface area (Å²) in [6.45, 7) is 6.09.